The molecule has 132 valence electrons. The number of hydrogen-bond donors (Lipinski definition) is 1. The van der Waals surface area contributed by atoms with Crippen LogP contribution in [-0.4, -0.2) is 17.5 Å². The van der Waals surface area contributed by atoms with Crippen molar-refractivity contribution >= 4 is 17.5 Å². The minimum absolute atomic E-state index is 0.0192. The minimum atomic E-state index is -0.0556. The summed E-state index contributed by atoms with van der Waals surface area (Å²) in [7, 11) is 1.63. The maximum Gasteiger partial charge on any atom is 0.250 e. The number of rotatable bonds is 5. The normalized spacial score (nSPS) is 10.5. The van der Waals surface area contributed by atoms with Gasteiger partial charge in [0.2, 0.25) is 5.91 Å². The molecule has 0 saturated heterocycles. The molecule has 0 radical (unpaired) electrons. The Labute approximate surface area is 157 Å². The van der Waals surface area contributed by atoms with Gasteiger partial charge in [-0.2, -0.15) is 0 Å². The zero-order chi connectivity index (χ0) is 18.5. The summed E-state index contributed by atoms with van der Waals surface area (Å²) in [6.45, 7) is 0.485. The second kappa shape index (κ2) is 8.02. The van der Waals surface area contributed by atoms with Gasteiger partial charge >= 0.3 is 0 Å². The second-order valence-electron chi connectivity index (χ2n) is 6.06. The molecule has 0 aliphatic rings. The Balaban J connectivity index is 1.83. The molecule has 5 heteroatoms. The maximum absolute atomic E-state index is 12.2. The molecule has 0 bridgehead atoms. The topological polar surface area (TPSA) is 51.1 Å². The summed E-state index contributed by atoms with van der Waals surface area (Å²) in [6.07, 6.45) is 2.21. The van der Waals surface area contributed by atoms with Crippen molar-refractivity contribution in [2.75, 3.05) is 7.05 Å². The molecule has 0 fully saturated rings. The molecule has 0 aliphatic heterocycles. The highest BCUT2D eigenvalue weighted by atomic mass is 35.5. The Hall–Kier alpha value is -2.85. The Morgan fingerprint density at radius 3 is 2.19 bits per heavy atom. The largest absolute Gasteiger partial charge is 0.359 e. The molecule has 3 aromatic rings. The first kappa shape index (κ1) is 18.0. The Bertz CT molecular complexity index is 961. The molecule has 1 amide bonds. The SMILES string of the molecule is CNC(=O)Cc1ccc(-c2ccc(=O)n(Cc3ccc(Cl)cc3)c2)cc1. The summed E-state index contributed by atoms with van der Waals surface area (Å²) >= 11 is 5.91. The van der Waals surface area contributed by atoms with E-state index in [0.717, 1.165) is 22.3 Å². The Morgan fingerprint density at radius 2 is 1.54 bits per heavy atom. The van der Waals surface area contributed by atoms with E-state index < -0.39 is 0 Å². The van der Waals surface area contributed by atoms with Crippen molar-refractivity contribution in [3.63, 3.8) is 0 Å². The number of halogens is 1. The molecule has 2 aromatic carbocycles. The lowest BCUT2D eigenvalue weighted by Gasteiger charge is -2.09. The molecule has 1 aromatic heterocycles. The van der Waals surface area contributed by atoms with E-state index in [-0.39, 0.29) is 11.5 Å². The van der Waals surface area contributed by atoms with Crippen LogP contribution in [0.4, 0.5) is 0 Å². The molecule has 1 heterocycles. The molecule has 0 aliphatic carbocycles. The number of nitrogens with zero attached hydrogens (tertiary/aromatic N) is 1. The van der Waals surface area contributed by atoms with Gasteiger partial charge in [-0.25, -0.2) is 0 Å². The molecular formula is C21H19ClN2O2. The number of benzene rings is 2. The van der Waals surface area contributed by atoms with Gasteiger partial charge in [0.25, 0.3) is 5.56 Å². The van der Waals surface area contributed by atoms with E-state index in [0.29, 0.717) is 18.0 Å². The summed E-state index contributed by atoms with van der Waals surface area (Å²) < 4.78 is 1.68. The van der Waals surface area contributed by atoms with Gasteiger partial charge in [-0.15, -0.1) is 0 Å². The van der Waals surface area contributed by atoms with Crippen molar-refractivity contribution in [1.29, 1.82) is 0 Å². The average molecular weight is 367 g/mol. The minimum Gasteiger partial charge on any atom is -0.359 e. The van der Waals surface area contributed by atoms with Gasteiger partial charge in [0, 0.05) is 24.3 Å². The monoisotopic (exact) mass is 366 g/mol. The summed E-state index contributed by atoms with van der Waals surface area (Å²) in [5.41, 5.74) is 3.85. The maximum atomic E-state index is 12.2. The van der Waals surface area contributed by atoms with Gasteiger partial charge in [0.1, 0.15) is 0 Å². The third kappa shape index (κ3) is 4.41. The van der Waals surface area contributed by atoms with Crippen LogP contribution in [0.15, 0.2) is 71.7 Å². The quantitative estimate of drug-likeness (QED) is 0.751. The van der Waals surface area contributed by atoms with Crippen molar-refractivity contribution in [3.05, 3.63) is 93.4 Å². The van der Waals surface area contributed by atoms with Crippen molar-refractivity contribution < 1.29 is 4.79 Å². The van der Waals surface area contributed by atoms with Crippen LogP contribution in [0, 0.1) is 0 Å². The molecule has 4 nitrogen and oxygen atoms in total. The summed E-state index contributed by atoms with van der Waals surface area (Å²) in [5, 5.41) is 3.29. The summed E-state index contributed by atoms with van der Waals surface area (Å²) in [6, 6.07) is 18.6. The average Bonchev–Trinajstić information content (AvgIpc) is 2.66. The molecular weight excluding hydrogens is 348 g/mol. The van der Waals surface area contributed by atoms with Crippen molar-refractivity contribution in [3.8, 4) is 11.1 Å². The lowest BCUT2D eigenvalue weighted by molar-refractivity contribution is -0.119. The number of amides is 1. The number of pyridine rings is 1. The number of aromatic nitrogens is 1. The summed E-state index contributed by atoms with van der Waals surface area (Å²) in [4.78, 5) is 23.6. The van der Waals surface area contributed by atoms with Crippen molar-refractivity contribution in [2.45, 2.75) is 13.0 Å². The van der Waals surface area contributed by atoms with Gasteiger partial charge in [-0.1, -0.05) is 48.0 Å². The van der Waals surface area contributed by atoms with E-state index in [1.165, 1.54) is 0 Å². The first-order chi connectivity index (χ1) is 12.5. The second-order valence-corrected chi connectivity index (χ2v) is 6.49. The number of carbonyl (C=O) groups excluding carboxylic acids is 1. The highest BCUT2D eigenvalue weighted by Crippen LogP contribution is 2.19. The molecule has 0 atom stereocenters. The number of likely N-dealkylation sites (N-methyl/N-ethyl adjacent to an activating group) is 1. The van der Waals surface area contributed by atoms with Crippen molar-refractivity contribution in [1.82, 2.24) is 9.88 Å². The van der Waals surface area contributed by atoms with Gasteiger partial charge < -0.3 is 9.88 Å². The van der Waals surface area contributed by atoms with E-state index in [9.17, 15) is 9.59 Å². The van der Waals surface area contributed by atoms with E-state index in [1.54, 1.807) is 17.7 Å². The van der Waals surface area contributed by atoms with E-state index >= 15 is 0 Å². The van der Waals surface area contributed by atoms with Crippen LogP contribution in [0.1, 0.15) is 11.1 Å². The molecule has 0 unspecified atom stereocenters. The third-order valence-electron chi connectivity index (χ3n) is 4.18. The van der Waals surface area contributed by atoms with Gasteiger partial charge in [-0.3, -0.25) is 9.59 Å². The Kier molecular flexibility index (Phi) is 5.54. The highest BCUT2D eigenvalue weighted by Gasteiger charge is 2.05. The fourth-order valence-electron chi connectivity index (χ4n) is 2.70. The van der Waals surface area contributed by atoms with Crippen LogP contribution in [-0.2, 0) is 17.8 Å². The van der Waals surface area contributed by atoms with Gasteiger partial charge in [-0.05, 0) is 40.5 Å². The van der Waals surface area contributed by atoms with Crippen LogP contribution < -0.4 is 10.9 Å². The smallest absolute Gasteiger partial charge is 0.250 e. The summed E-state index contributed by atoms with van der Waals surface area (Å²) in [5.74, 6) is -0.0192. The van der Waals surface area contributed by atoms with Crippen LogP contribution in [0.2, 0.25) is 5.02 Å². The molecule has 0 spiro atoms. The first-order valence-electron chi connectivity index (χ1n) is 8.30. The first-order valence-corrected chi connectivity index (χ1v) is 8.68. The fraction of sp³-hybridized carbons (Fsp3) is 0.143. The van der Waals surface area contributed by atoms with E-state index in [4.69, 9.17) is 11.6 Å². The predicted octanol–water partition coefficient (Wildman–Crippen LogP) is 3.51. The van der Waals surface area contributed by atoms with E-state index in [2.05, 4.69) is 5.32 Å². The third-order valence-corrected chi connectivity index (χ3v) is 4.43. The van der Waals surface area contributed by atoms with Crippen LogP contribution in [0.3, 0.4) is 0 Å². The fourth-order valence-corrected chi connectivity index (χ4v) is 2.83. The van der Waals surface area contributed by atoms with Crippen LogP contribution in [0.25, 0.3) is 11.1 Å². The lowest BCUT2D eigenvalue weighted by atomic mass is 10.0. The Morgan fingerprint density at radius 1 is 0.923 bits per heavy atom. The number of nitrogens with one attached hydrogen (secondary N) is 1. The lowest BCUT2D eigenvalue weighted by Crippen LogP contribution is -2.19. The number of hydrogen-bond acceptors (Lipinski definition) is 2. The molecule has 3 rings (SSSR count). The molecule has 26 heavy (non-hydrogen) atoms. The zero-order valence-electron chi connectivity index (χ0n) is 14.4. The highest BCUT2D eigenvalue weighted by molar-refractivity contribution is 6.30. The number of carbonyl (C=O) groups is 1. The van der Waals surface area contributed by atoms with Crippen molar-refractivity contribution in [2.24, 2.45) is 0 Å². The standard InChI is InChI=1S/C21H19ClN2O2/c1-23-20(25)12-15-2-6-17(7-3-15)18-8-11-21(26)24(14-18)13-16-4-9-19(22)10-5-16/h2-11,14H,12-13H2,1H3,(H,23,25). The zero-order valence-corrected chi connectivity index (χ0v) is 15.2. The van der Waals surface area contributed by atoms with Gasteiger partial charge in [0.15, 0.2) is 0 Å². The molecule has 1 N–H and O–H groups in total. The predicted molar refractivity (Wildman–Crippen MR) is 104 cm³/mol. The molecule has 0 saturated carbocycles. The van der Waals surface area contributed by atoms with Crippen LogP contribution >= 0.6 is 11.6 Å². The van der Waals surface area contributed by atoms with Crippen LogP contribution in [0.5, 0.6) is 0 Å². The van der Waals surface area contributed by atoms with Gasteiger partial charge in [0.05, 0.1) is 13.0 Å². The van der Waals surface area contributed by atoms with E-state index in [1.807, 2.05) is 60.8 Å².